The Morgan fingerprint density at radius 3 is 2.35 bits per heavy atom. The molecule has 31 heavy (non-hydrogen) atoms. The van der Waals surface area contributed by atoms with Crippen molar-refractivity contribution in [1.82, 2.24) is 4.98 Å². The molecule has 1 heterocycles. The molecule has 2 fully saturated rings. The van der Waals surface area contributed by atoms with Crippen molar-refractivity contribution in [1.29, 1.82) is 0 Å². The Labute approximate surface area is 183 Å². The highest BCUT2D eigenvalue weighted by Gasteiger charge is 2.47. The van der Waals surface area contributed by atoms with Gasteiger partial charge in [-0.25, -0.2) is 4.98 Å². The number of hydrogen-bond donors (Lipinski definition) is 1. The number of hydrogen-bond acceptors (Lipinski definition) is 6. The van der Waals surface area contributed by atoms with E-state index in [1.807, 2.05) is 18.2 Å². The van der Waals surface area contributed by atoms with Gasteiger partial charge in [-0.2, -0.15) is 0 Å². The zero-order valence-corrected chi connectivity index (χ0v) is 17.8. The number of rotatable bonds is 9. The Morgan fingerprint density at radius 1 is 0.968 bits per heavy atom. The summed E-state index contributed by atoms with van der Waals surface area (Å²) in [5.74, 6) is -0.470. The summed E-state index contributed by atoms with van der Waals surface area (Å²) >= 11 is 0. The molecule has 4 rings (SSSR count). The number of pyridine rings is 1. The zero-order valence-electron chi connectivity index (χ0n) is 17.8. The van der Waals surface area contributed by atoms with E-state index < -0.39 is 11.6 Å². The number of nitrogens with two attached hydrogens (primary N) is 1. The highest BCUT2D eigenvalue weighted by Crippen LogP contribution is 2.53. The normalized spacial score (nSPS) is 25.1. The van der Waals surface area contributed by atoms with Gasteiger partial charge in [-0.15, -0.1) is 0 Å². The predicted molar refractivity (Wildman–Crippen MR) is 117 cm³/mol. The monoisotopic (exact) mass is 422 g/mol. The van der Waals surface area contributed by atoms with Gasteiger partial charge < -0.3 is 15.2 Å². The third kappa shape index (κ3) is 5.57. The molecule has 2 aliphatic rings. The van der Waals surface area contributed by atoms with Crippen molar-refractivity contribution in [3.63, 3.8) is 0 Å². The van der Waals surface area contributed by atoms with Crippen molar-refractivity contribution in [2.75, 3.05) is 6.54 Å². The molecule has 6 heteroatoms. The van der Waals surface area contributed by atoms with Gasteiger partial charge in [-0.05, 0) is 55.1 Å². The molecule has 0 saturated heterocycles. The van der Waals surface area contributed by atoms with Gasteiger partial charge in [0.15, 0.2) is 0 Å². The molecular weight excluding hydrogens is 392 g/mol. The van der Waals surface area contributed by atoms with Gasteiger partial charge >= 0.3 is 0 Å². The number of carbonyl (C=O) groups is 2. The molecule has 164 valence electrons. The van der Waals surface area contributed by atoms with E-state index in [1.165, 1.54) is 5.56 Å². The first-order chi connectivity index (χ1) is 15.0. The number of ether oxygens (including phenoxy) is 2. The van der Waals surface area contributed by atoms with Crippen LogP contribution in [-0.4, -0.2) is 35.3 Å². The van der Waals surface area contributed by atoms with Crippen LogP contribution in [0.1, 0.15) is 49.7 Å². The largest absolute Gasteiger partial charge is 0.474 e. The summed E-state index contributed by atoms with van der Waals surface area (Å²) < 4.78 is 12.1. The van der Waals surface area contributed by atoms with E-state index in [-0.39, 0.29) is 19.1 Å². The van der Waals surface area contributed by atoms with E-state index in [0.29, 0.717) is 29.6 Å². The Morgan fingerprint density at radius 2 is 1.71 bits per heavy atom. The summed E-state index contributed by atoms with van der Waals surface area (Å²) in [5, 5.41) is 0. The number of Topliss-reactive ketones (excluding diaryl/α,β-unsaturated/α-hetero) is 2. The minimum absolute atomic E-state index is 0.0305. The molecule has 0 bridgehead atoms. The van der Waals surface area contributed by atoms with Gasteiger partial charge in [0.25, 0.3) is 0 Å². The van der Waals surface area contributed by atoms with Crippen molar-refractivity contribution in [2.45, 2.75) is 63.8 Å². The fourth-order valence-electron chi connectivity index (χ4n) is 4.70. The van der Waals surface area contributed by atoms with Crippen LogP contribution in [0.3, 0.4) is 0 Å². The number of benzene rings is 1. The Kier molecular flexibility index (Phi) is 6.78. The molecule has 0 unspecified atom stereocenters. The minimum Gasteiger partial charge on any atom is -0.474 e. The summed E-state index contributed by atoms with van der Waals surface area (Å²) in [7, 11) is 0. The van der Waals surface area contributed by atoms with E-state index in [2.05, 4.69) is 17.1 Å². The van der Waals surface area contributed by atoms with Gasteiger partial charge in [0.1, 0.15) is 6.10 Å². The van der Waals surface area contributed by atoms with Crippen LogP contribution in [0.25, 0.3) is 0 Å². The fraction of sp³-hybridized carbons (Fsp3) is 0.480. The molecule has 0 amide bonds. The molecule has 2 saturated carbocycles. The maximum atomic E-state index is 11.7. The van der Waals surface area contributed by atoms with Gasteiger partial charge in [-0.3, -0.25) is 9.59 Å². The third-order valence-electron chi connectivity index (χ3n) is 6.59. The molecule has 2 aliphatic carbocycles. The number of ketones is 2. The molecule has 0 aliphatic heterocycles. The van der Waals surface area contributed by atoms with Crippen molar-refractivity contribution in [2.24, 2.45) is 11.1 Å². The first-order valence-corrected chi connectivity index (χ1v) is 11.1. The third-order valence-corrected chi connectivity index (χ3v) is 6.59. The van der Waals surface area contributed by atoms with Crippen LogP contribution >= 0.6 is 0 Å². The molecule has 1 spiro atoms. The second-order valence-electron chi connectivity index (χ2n) is 8.88. The number of nitrogens with zero attached hydrogens (tertiary/aromatic N) is 1. The number of carbonyl (C=O) groups excluding carboxylic acids is 2. The smallest absolute Gasteiger partial charge is 0.213 e. The summed E-state index contributed by atoms with van der Waals surface area (Å²) in [6, 6.07) is 13.9. The van der Waals surface area contributed by atoms with Crippen molar-refractivity contribution in [3.8, 4) is 5.88 Å². The first-order valence-electron chi connectivity index (χ1n) is 11.1. The second kappa shape index (κ2) is 9.71. The predicted octanol–water partition coefficient (Wildman–Crippen LogP) is 3.41. The Hall–Kier alpha value is -2.57. The molecule has 2 aromatic rings. The van der Waals surface area contributed by atoms with Crippen LogP contribution in [0.5, 0.6) is 5.88 Å². The molecule has 0 atom stereocenters. The molecule has 0 radical (unpaired) electrons. The molecular formula is C25H30N2O4. The van der Waals surface area contributed by atoms with E-state index in [1.54, 1.807) is 18.3 Å². The van der Waals surface area contributed by atoms with Gasteiger partial charge in [-0.1, -0.05) is 36.4 Å². The second-order valence-corrected chi connectivity index (χ2v) is 8.88. The number of aromatic nitrogens is 1. The van der Waals surface area contributed by atoms with Gasteiger partial charge in [0.05, 0.1) is 19.3 Å². The molecule has 1 aromatic heterocycles. The van der Waals surface area contributed by atoms with Crippen molar-refractivity contribution in [3.05, 3.63) is 59.8 Å². The maximum Gasteiger partial charge on any atom is 0.213 e. The highest BCUT2D eigenvalue weighted by atomic mass is 16.5. The molecule has 2 N–H and O–H groups in total. The first kappa shape index (κ1) is 21.7. The van der Waals surface area contributed by atoms with Crippen LogP contribution in [-0.2, 0) is 27.4 Å². The molecule has 6 nitrogen and oxygen atoms in total. The average Bonchev–Trinajstić information content (AvgIpc) is 2.78. The van der Waals surface area contributed by atoms with Crippen LogP contribution in [0.2, 0.25) is 0 Å². The summed E-state index contributed by atoms with van der Waals surface area (Å²) in [6.07, 6.45) is 8.85. The van der Waals surface area contributed by atoms with Crippen molar-refractivity contribution >= 4 is 11.6 Å². The standard InChI is InChI=1S/C25H30N2O4/c26-15-23(29)22(28)12-19-6-7-24(27-16-19)31-20-8-10-25(11-9-20)13-21(14-25)30-17-18-4-2-1-3-5-18/h1-7,16,20-21H,8-15,17,26H2. The van der Waals surface area contributed by atoms with Gasteiger partial charge in [0, 0.05) is 18.7 Å². The van der Waals surface area contributed by atoms with Crippen LogP contribution < -0.4 is 10.5 Å². The van der Waals surface area contributed by atoms with Crippen LogP contribution in [0, 0.1) is 5.41 Å². The van der Waals surface area contributed by atoms with Crippen LogP contribution in [0.4, 0.5) is 0 Å². The van der Waals surface area contributed by atoms with E-state index in [4.69, 9.17) is 15.2 Å². The lowest BCUT2D eigenvalue weighted by Crippen LogP contribution is -2.46. The maximum absolute atomic E-state index is 11.7. The Balaban J connectivity index is 1.18. The van der Waals surface area contributed by atoms with E-state index >= 15 is 0 Å². The summed E-state index contributed by atoms with van der Waals surface area (Å²) in [5.41, 5.74) is 7.57. The van der Waals surface area contributed by atoms with Crippen LogP contribution in [0.15, 0.2) is 48.7 Å². The van der Waals surface area contributed by atoms with E-state index in [0.717, 1.165) is 38.5 Å². The highest BCUT2D eigenvalue weighted by molar-refractivity contribution is 6.38. The lowest BCUT2D eigenvalue weighted by molar-refractivity contribution is -0.135. The van der Waals surface area contributed by atoms with Gasteiger partial charge in [0.2, 0.25) is 17.4 Å². The lowest BCUT2D eigenvalue weighted by Gasteiger charge is -2.51. The molecule has 1 aromatic carbocycles. The fourth-order valence-corrected chi connectivity index (χ4v) is 4.70. The average molecular weight is 423 g/mol. The lowest BCUT2D eigenvalue weighted by atomic mass is 9.59. The van der Waals surface area contributed by atoms with E-state index in [9.17, 15) is 9.59 Å². The summed E-state index contributed by atoms with van der Waals surface area (Å²) in [6.45, 7) is 0.442. The SMILES string of the molecule is NCC(=O)C(=O)Cc1ccc(OC2CCC3(CC2)CC(OCc2ccccc2)C3)nc1. The topological polar surface area (TPSA) is 91.5 Å². The Bertz CT molecular complexity index is 881. The summed E-state index contributed by atoms with van der Waals surface area (Å²) in [4.78, 5) is 27.3. The van der Waals surface area contributed by atoms with Crippen molar-refractivity contribution < 1.29 is 19.1 Å². The quantitative estimate of drug-likeness (QED) is 0.623. The minimum atomic E-state index is -0.555. The zero-order chi connectivity index (χ0) is 21.7.